The van der Waals surface area contributed by atoms with Gasteiger partial charge < -0.3 is 10.2 Å². The Morgan fingerprint density at radius 2 is 2.07 bits per heavy atom. The van der Waals surface area contributed by atoms with Crippen molar-refractivity contribution < 1.29 is 4.79 Å². The molecule has 1 unspecified atom stereocenters. The van der Waals surface area contributed by atoms with Crippen molar-refractivity contribution in [1.82, 2.24) is 10.2 Å². The van der Waals surface area contributed by atoms with E-state index in [1.54, 1.807) is 0 Å². The molecule has 15 heavy (non-hydrogen) atoms. The zero-order chi connectivity index (χ0) is 11.7. The monoisotopic (exact) mass is 212 g/mol. The summed E-state index contributed by atoms with van der Waals surface area (Å²) in [7, 11) is 1.95. The number of rotatable bonds is 2. The second-order valence-electron chi connectivity index (χ2n) is 5.84. The molecule has 0 radical (unpaired) electrons. The van der Waals surface area contributed by atoms with Crippen molar-refractivity contribution in [2.75, 3.05) is 20.1 Å². The molecular weight excluding hydrogens is 188 g/mol. The summed E-state index contributed by atoms with van der Waals surface area (Å²) < 4.78 is 0. The van der Waals surface area contributed by atoms with Gasteiger partial charge in [0.1, 0.15) is 0 Å². The Labute approximate surface area is 93.2 Å². The Balaban J connectivity index is 2.81. The predicted molar refractivity (Wildman–Crippen MR) is 62.7 cm³/mol. The van der Waals surface area contributed by atoms with Crippen LogP contribution in [0.2, 0.25) is 0 Å². The van der Waals surface area contributed by atoms with Crippen LogP contribution in [0.5, 0.6) is 0 Å². The molecule has 1 saturated heterocycles. The van der Waals surface area contributed by atoms with E-state index < -0.39 is 0 Å². The minimum absolute atomic E-state index is 0.0130. The first kappa shape index (κ1) is 12.5. The Kier molecular flexibility index (Phi) is 3.44. The van der Waals surface area contributed by atoms with Crippen LogP contribution in [0, 0.1) is 5.41 Å². The number of hydrogen-bond acceptors (Lipinski definition) is 2. The van der Waals surface area contributed by atoms with Crippen LogP contribution in [0.3, 0.4) is 0 Å². The Hall–Kier alpha value is -0.570. The lowest BCUT2D eigenvalue weighted by Gasteiger charge is -2.38. The maximum absolute atomic E-state index is 12.3. The van der Waals surface area contributed by atoms with Gasteiger partial charge in [0.05, 0.1) is 5.54 Å². The van der Waals surface area contributed by atoms with Gasteiger partial charge in [-0.3, -0.25) is 4.79 Å². The Bertz CT molecular complexity index is 244. The van der Waals surface area contributed by atoms with Crippen molar-refractivity contribution in [3.05, 3.63) is 0 Å². The van der Waals surface area contributed by atoms with Crippen LogP contribution in [0.25, 0.3) is 0 Å². The number of amides is 1. The maximum atomic E-state index is 12.3. The van der Waals surface area contributed by atoms with Gasteiger partial charge in [0.25, 0.3) is 0 Å². The molecule has 1 rings (SSSR count). The Morgan fingerprint density at radius 1 is 1.47 bits per heavy atom. The van der Waals surface area contributed by atoms with E-state index in [1.165, 1.54) is 0 Å². The third-order valence-electron chi connectivity index (χ3n) is 3.19. The number of likely N-dealkylation sites (N-methyl/N-ethyl adjacent to an activating group) is 1. The molecule has 1 aliphatic heterocycles. The summed E-state index contributed by atoms with van der Waals surface area (Å²) in [5, 5.41) is 3.19. The molecule has 3 heteroatoms. The second kappa shape index (κ2) is 4.12. The SMILES string of the molecule is CNCC1(C)CCCN1C(=O)C(C)(C)C. The number of hydrogen-bond donors (Lipinski definition) is 1. The van der Waals surface area contributed by atoms with Crippen LogP contribution in [0.4, 0.5) is 0 Å². The molecule has 0 aliphatic carbocycles. The minimum atomic E-state index is -0.265. The van der Waals surface area contributed by atoms with Crippen LogP contribution in [0.15, 0.2) is 0 Å². The highest BCUT2D eigenvalue weighted by molar-refractivity contribution is 5.82. The third kappa shape index (κ3) is 2.51. The average Bonchev–Trinajstić information content (AvgIpc) is 2.45. The molecule has 1 amide bonds. The van der Waals surface area contributed by atoms with Crippen molar-refractivity contribution in [2.24, 2.45) is 5.41 Å². The summed E-state index contributed by atoms with van der Waals surface area (Å²) in [5.74, 6) is 0.276. The first-order valence-corrected chi connectivity index (χ1v) is 5.78. The molecule has 1 N–H and O–H groups in total. The number of likely N-dealkylation sites (tertiary alicyclic amines) is 1. The molecule has 0 spiro atoms. The van der Waals surface area contributed by atoms with E-state index in [0.717, 1.165) is 25.9 Å². The topological polar surface area (TPSA) is 32.3 Å². The molecular formula is C12H24N2O. The van der Waals surface area contributed by atoms with Gasteiger partial charge >= 0.3 is 0 Å². The number of nitrogens with zero attached hydrogens (tertiary/aromatic N) is 1. The molecule has 1 aliphatic rings. The molecule has 0 saturated carbocycles. The molecule has 0 aromatic heterocycles. The highest BCUT2D eigenvalue weighted by atomic mass is 16.2. The van der Waals surface area contributed by atoms with Gasteiger partial charge in [-0.25, -0.2) is 0 Å². The fraction of sp³-hybridized carbons (Fsp3) is 0.917. The van der Waals surface area contributed by atoms with Crippen LogP contribution >= 0.6 is 0 Å². The molecule has 1 heterocycles. The number of carbonyl (C=O) groups is 1. The zero-order valence-electron chi connectivity index (χ0n) is 10.7. The lowest BCUT2D eigenvalue weighted by Crippen LogP contribution is -2.53. The second-order valence-corrected chi connectivity index (χ2v) is 5.84. The smallest absolute Gasteiger partial charge is 0.228 e. The van der Waals surface area contributed by atoms with Crippen molar-refractivity contribution >= 4 is 5.91 Å². The van der Waals surface area contributed by atoms with E-state index in [4.69, 9.17) is 0 Å². The standard InChI is InChI=1S/C12H24N2O/c1-11(2,3)10(15)14-8-6-7-12(14,4)9-13-5/h13H,6-9H2,1-5H3. The van der Waals surface area contributed by atoms with Crippen molar-refractivity contribution in [2.45, 2.75) is 46.1 Å². The summed E-state index contributed by atoms with van der Waals surface area (Å²) in [6.45, 7) is 9.96. The normalized spacial score (nSPS) is 27.1. The van der Waals surface area contributed by atoms with Gasteiger partial charge in [-0.1, -0.05) is 20.8 Å². The first-order chi connectivity index (χ1) is 6.81. The molecule has 88 valence electrons. The summed E-state index contributed by atoms with van der Waals surface area (Å²) in [4.78, 5) is 14.3. The lowest BCUT2D eigenvalue weighted by atomic mass is 9.91. The summed E-state index contributed by atoms with van der Waals surface area (Å²) in [6, 6.07) is 0. The summed E-state index contributed by atoms with van der Waals surface area (Å²) in [6.07, 6.45) is 2.23. The highest BCUT2D eigenvalue weighted by Crippen LogP contribution is 2.32. The van der Waals surface area contributed by atoms with Gasteiger partial charge in [0, 0.05) is 18.5 Å². The van der Waals surface area contributed by atoms with Crippen LogP contribution in [0.1, 0.15) is 40.5 Å². The van der Waals surface area contributed by atoms with Gasteiger partial charge in [-0.05, 0) is 26.8 Å². The third-order valence-corrected chi connectivity index (χ3v) is 3.19. The summed E-state index contributed by atoms with van der Waals surface area (Å²) >= 11 is 0. The molecule has 0 aromatic carbocycles. The summed E-state index contributed by atoms with van der Waals surface area (Å²) in [5.41, 5.74) is -0.252. The number of carbonyl (C=O) groups excluding carboxylic acids is 1. The van der Waals surface area contributed by atoms with Crippen LogP contribution < -0.4 is 5.32 Å². The van der Waals surface area contributed by atoms with Crippen molar-refractivity contribution in [1.29, 1.82) is 0 Å². The lowest BCUT2D eigenvalue weighted by molar-refractivity contribution is -0.143. The average molecular weight is 212 g/mol. The quantitative estimate of drug-likeness (QED) is 0.754. The van der Waals surface area contributed by atoms with E-state index in [1.807, 2.05) is 27.8 Å². The molecule has 3 nitrogen and oxygen atoms in total. The van der Waals surface area contributed by atoms with Gasteiger partial charge in [-0.2, -0.15) is 0 Å². The Morgan fingerprint density at radius 3 is 2.53 bits per heavy atom. The number of nitrogens with one attached hydrogen (secondary N) is 1. The molecule has 0 bridgehead atoms. The first-order valence-electron chi connectivity index (χ1n) is 5.78. The highest BCUT2D eigenvalue weighted by Gasteiger charge is 2.42. The molecule has 0 aromatic rings. The minimum Gasteiger partial charge on any atom is -0.336 e. The molecule has 1 atom stereocenters. The van der Waals surface area contributed by atoms with Crippen LogP contribution in [-0.4, -0.2) is 36.5 Å². The van der Waals surface area contributed by atoms with E-state index in [2.05, 4.69) is 17.1 Å². The van der Waals surface area contributed by atoms with Crippen molar-refractivity contribution in [3.63, 3.8) is 0 Å². The predicted octanol–water partition coefficient (Wildman–Crippen LogP) is 1.63. The van der Waals surface area contributed by atoms with E-state index in [0.29, 0.717) is 0 Å². The molecule has 1 fully saturated rings. The van der Waals surface area contributed by atoms with E-state index in [-0.39, 0.29) is 16.9 Å². The van der Waals surface area contributed by atoms with Crippen LogP contribution in [-0.2, 0) is 4.79 Å². The van der Waals surface area contributed by atoms with Crippen molar-refractivity contribution in [3.8, 4) is 0 Å². The van der Waals surface area contributed by atoms with Gasteiger partial charge in [0.2, 0.25) is 5.91 Å². The maximum Gasteiger partial charge on any atom is 0.228 e. The fourth-order valence-electron chi connectivity index (χ4n) is 2.34. The van der Waals surface area contributed by atoms with Gasteiger partial charge in [-0.15, -0.1) is 0 Å². The zero-order valence-corrected chi connectivity index (χ0v) is 10.7. The van der Waals surface area contributed by atoms with Gasteiger partial charge in [0.15, 0.2) is 0 Å². The fourth-order valence-corrected chi connectivity index (χ4v) is 2.34. The van der Waals surface area contributed by atoms with E-state index in [9.17, 15) is 4.79 Å². The van der Waals surface area contributed by atoms with E-state index >= 15 is 0 Å². The largest absolute Gasteiger partial charge is 0.336 e.